The lowest BCUT2D eigenvalue weighted by molar-refractivity contribution is 0.340. The molecule has 10 heteroatoms. The average molecular weight is 470 g/mol. The zero-order valence-electron chi connectivity index (χ0n) is 16.0. The molecule has 0 spiro atoms. The van der Waals surface area contributed by atoms with Crippen molar-refractivity contribution in [1.29, 1.82) is 0 Å². The molecule has 1 aromatic heterocycles. The Morgan fingerprint density at radius 1 is 0.967 bits per heavy atom. The Labute approximate surface area is 180 Å². The lowest BCUT2D eigenvalue weighted by Crippen LogP contribution is -2.31. The predicted octanol–water partition coefficient (Wildman–Crippen LogP) is 3.83. The van der Waals surface area contributed by atoms with Crippen LogP contribution in [0.1, 0.15) is 17.9 Å². The molecule has 2 aromatic carbocycles. The Kier molecular flexibility index (Phi) is 6.87. The first kappa shape index (κ1) is 22.4. The fraction of sp³-hybridized carbons (Fsp3) is 0.200. The molecule has 0 bridgehead atoms. The Balaban J connectivity index is 1.86. The van der Waals surface area contributed by atoms with Gasteiger partial charge in [0.25, 0.3) is 0 Å². The molecule has 0 saturated heterocycles. The lowest BCUT2D eigenvalue weighted by Gasteiger charge is -2.17. The number of benzene rings is 2. The summed E-state index contributed by atoms with van der Waals surface area (Å²) in [7, 11) is -7.92. The van der Waals surface area contributed by atoms with Gasteiger partial charge in [0.1, 0.15) is 16.8 Å². The van der Waals surface area contributed by atoms with Gasteiger partial charge in [-0.25, -0.2) is 21.6 Å². The Bertz CT molecular complexity index is 1170. The van der Waals surface area contributed by atoms with E-state index < -0.39 is 31.7 Å². The molecule has 1 unspecified atom stereocenters. The summed E-state index contributed by atoms with van der Waals surface area (Å²) >= 11 is 5.85. The Morgan fingerprint density at radius 2 is 1.60 bits per heavy atom. The highest BCUT2D eigenvalue weighted by Gasteiger charge is 2.33. The summed E-state index contributed by atoms with van der Waals surface area (Å²) in [5.74, 6) is 0.662. The standard InChI is InChI=1S/C20H20ClNO6S2/c1-2-27-16-7-11-18(12-8-16)30(25,26)22-14-20(19-4-3-13-28-19)29(23,24)17-9-5-15(21)6-10-17/h3-13,20,22H,2,14H2,1H3. The molecule has 0 aliphatic carbocycles. The number of hydrogen-bond donors (Lipinski definition) is 1. The van der Waals surface area contributed by atoms with Crippen LogP contribution in [0.15, 0.2) is 81.1 Å². The molecule has 0 saturated carbocycles. The van der Waals surface area contributed by atoms with E-state index in [1.807, 2.05) is 6.92 Å². The average Bonchev–Trinajstić information content (AvgIpc) is 3.23. The third-order valence-electron chi connectivity index (χ3n) is 4.28. The van der Waals surface area contributed by atoms with Crippen molar-refractivity contribution in [3.63, 3.8) is 0 Å². The van der Waals surface area contributed by atoms with Gasteiger partial charge in [-0.05, 0) is 67.6 Å². The molecule has 3 aromatic rings. The van der Waals surface area contributed by atoms with Gasteiger partial charge < -0.3 is 9.15 Å². The molecule has 7 nitrogen and oxygen atoms in total. The normalized spacial score (nSPS) is 13.1. The molecule has 3 rings (SSSR count). The molecular weight excluding hydrogens is 450 g/mol. The van der Waals surface area contributed by atoms with Gasteiger partial charge in [-0.15, -0.1) is 0 Å². The molecule has 0 radical (unpaired) electrons. The number of sulfone groups is 1. The third-order valence-corrected chi connectivity index (χ3v) is 8.05. The van der Waals surface area contributed by atoms with Gasteiger partial charge >= 0.3 is 0 Å². The van der Waals surface area contributed by atoms with Crippen LogP contribution in [0.4, 0.5) is 0 Å². The number of nitrogens with one attached hydrogen (secondary N) is 1. The largest absolute Gasteiger partial charge is 0.494 e. The first-order valence-electron chi connectivity index (χ1n) is 8.99. The van der Waals surface area contributed by atoms with E-state index in [2.05, 4.69) is 4.72 Å². The van der Waals surface area contributed by atoms with Crippen molar-refractivity contribution in [3.05, 3.63) is 77.7 Å². The minimum atomic E-state index is -3.96. The van der Waals surface area contributed by atoms with Crippen LogP contribution < -0.4 is 9.46 Å². The van der Waals surface area contributed by atoms with Gasteiger partial charge in [0.15, 0.2) is 9.84 Å². The molecule has 1 N–H and O–H groups in total. The number of sulfonamides is 1. The second-order valence-electron chi connectivity index (χ2n) is 6.26. The van der Waals surface area contributed by atoms with Crippen molar-refractivity contribution in [3.8, 4) is 5.75 Å². The highest BCUT2D eigenvalue weighted by molar-refractivity contribution is 7.92. The number of rotatable bonds is 9. The molecule has 1 heterocycles. The Morgan fingerprint density at radius 3 is 2.17 bits per heavy atom. The van der Waals surface area contributed by atoms with Crippen LogP contribution in [0, 0.1) is 0 Å². The van der Waals surface area contributed by atoms with Gasteiger partial charge in [-0.1, -0.05) is 11.6 Å². The molecule has 0 amide bonds. The first-order chi connectivity index (χ1) is 14.2. The van der Waals surface area contributed by atoms with Crippen LogP contribution in [-0.2, 0) is 19.9 Å². The van der Waals surface area contributed by atoms with Crippen LogP contribution in [-0.4, -0.2) is 30.0 Å². The summed E-state index contributed by atoms with van der Waals surface area (Å²) in [6.45, 7) is 1.87. The van der Waals surface area contributed by atoms with Gasteiger partial charge in [0.2, 0.25) is 10.0 Å². The van der Waals surface area contributed by atoms with Crippen molar-refractivity contribution in [2.75, 3.05) is 13.2 Å². The number of hydrogen-bond acceptors (Lipinski definition) is 6. The molecule has 0 aliphatic heterocycles. The molecule has 1 atom stereocenters. The SMILES string of the molecule is CCOc1ccc(S(=O)(=O)NCC(c2ccco2)S(=O)(=O)c2ccc(Cl)cc2)cc1. The van der Waals surface area contributed by atoms with E-state index >= 15 is 0 Å². The van der Waals surface area contributed by atoms with E-state index in [0.717, 1.165) is 0 Å². The fourth-order valence-electron chi connectivity index (χ4n) is 2.78. The van der Waals surface area contributed by atoms with Crippen molar-refractivity contribution < 1.29 is 26.0 Å². The molecule has 30 heavy (non-hydrogen) atoms. The molecular formula is C20H20ClNO6S2. The van der Waals surface area contributed by atoms with Gasteiger partial charge in [-0.3, -0.25) is 0 Å². The van der Waals surface area contributed by atoms with Gasteiger partial charge in [0, 0.05) is 11.6 Å². The van der Waals surface area contributed by atoms with Gasteiger partial charge in [-0.2, -0.15) is 0 Å². The van der Waals surface area contributed by atoms with Crippen molar-refractivity contribution in [1.82, 2.24) is 4.72 Å². The van der Waals surface area contributed by atoms with Gasteiger partial charge in [0.05, 0.1) is 22.7 Å². The molecule has 160 valence electrons. The van der Waals surface area contributed by atoms with E-state index in [4.69, 9.17) is 20.8 Å². The van der Waals surface area contributed by atoms with E-state index in [1.165, 1.54) is 60.9 Å². The van der Waals surface area contributed by atoms with E-state index in [-0.39, 0.29) is 15.6 Å². The first-order valence-corrected chi connectivity index (χ1v) is 12.4. The maximum atomic E-state index is 13.2. The Hall–Kier alpha value is -2.33. The summed E-state index contributed by atoms with van der Waals surface area (Å²) in [5.41, 5.74) is 0. The summed E-state index contributed by atoms with van der Waals surface area (Å²) in [5, 5.41) is -0.870. The second-order valence-corrected chi connectivity index (χ2v) is 10.6. The van der Waals surface area contributed by atoms with E-state index in [9.17, 15) is 16.8 Å². The number of halogens is 1. The highest BCUT2D eigenvalue weighted by Crippen LogP contribution is 2.30. The number of furan rings is 1. The summed E-state index contributed by atoms with van der Waals surface area (Å²) in [6, 6.07) is 14.5. The fourth-order valence-corrected chi connectivity index (χ4v) is 5.64. The lowest BCUT2D eigenvalue weighted by atomic mass is 10.3. The summed E-state index contributed by atoms with van der Waals surface area (Å²) in [4.78, 5) is 0.00149. The summed E-state index contributed by atoms with van der Waals surface area (Å²) in [6.07, 6.45) is 1.33. The minimum Gasteiger partial charge on any atom is -0.494 e. The monoisotopic (exact) mass is 469 g/mol. The van der Waals surface area contributed by atoms with Crippen LogP contribution in [0.2, 0.25) is 5.02 Å². The zero-order valence-corrected chi connectivity index (χ0v) is 18.4. The summed E-state index contributed by atoms with van der Waals surface area (Å²) < 4.78 is 64.7. The topological polar surface area (TPSA) is 103 Å². The van der Waals surface area contributed by atoms with Crippen LogP contribution in [0.25, 0.3) is 0 Å². The van der Waals surface area contributed by atoms with Crippen molar-refractivity contribution >= 4 is 31.5 Å². The van der Waals surface area contributed by atoms with Crippen molar-refractivity contribution in [2.24, 2.45) is 0 Å². The van der Waals surface area contributed by atoms with Crippen LogP contribution in [0.3, 0.4) is 0 Å². The van der Waals surface area contributed by atoms with E-state index in [0.29, 0.717) is 17.4 Å². The second kappa shape index (κ2) is 9.22. The quantitative estimate of drug-likeness (QED) is 0.511. The maximum absolute atomic E-state index is 13.2. The van der Waals surface area contributed by atoms with Crippen LogP contribution >= 0.6 is 11.6 Å². The molecule has 0 fully saturated rings. The number of ether oxygens (including phenoxy) is 1. The predicted molar refractivity (Wildman–Crippen MR) is 113 cm³/mol. The highest BCUT2D eigenvalue weighted by atomic mass is 35.5. The van der Waals surface area contributed by atoms with E-state index in [1.54, 1.807) is 6.07 Å². The van der Waals surface area contributed by atoms with Crippen LogP contribution in [0.5, 0.6) is 5.75 Å². The van der Waals surface area contributed by atoms with Crippen molar-refractivity contribution in [2.45, 2.75) is 22.0 Å². The molecule has 0 aliphatic rings. The third kappa shape index (κ3) is 5.04. The smallest absolute Gasteiger partial charge is 0.240 e. The zero-order chi connectivity index (χ0) is 21.8. The maximum Gasteiger partial charge on any atom is 0.240 e. The minimum absolute atomic E-state index is 0.00645.